The maximum atomic E-state index is 12.1. The number of carbonyl (C=O) groups excluding carboxylic acids is 2. The molecule has 0 radical (unpaired) electrons. The number of likely N-dealkylation sites (tertiary alicyclic amines) is 1. The van der Waals surface area contributed by atoms with Gasteiger partial charge in [-0.05, 0) is 37.1 Å². The van der Waals surface area contributed by atoms with Crippen LogP contribution in [0.3, 0.4) is 0 Å². The lowest BCUT2D eigenvalue weighted by Crippen LogP contribution is -2.49. The number of thiol groups is 1. The van der Waals surface area contributed by atoms with E-state index < -0.39 is 0 Å². The first-order valence-corrected chi connectivity index (χ1v) is 8.09. The Morgan fingerprint density at radius 2 is 2.00 bits per heavy atom. The first-order valence-electron chi connectivity index (χ1n) is 7.46. The van der Waals surface area contributed by atoms with Gasteiger partial charge in [0, 0.05) is 31.1 Å². The molecule has 4 nitrogen and oxygen atoms in total. The molecule has 0 spiro atoms. The maximum Gasteiger partial charge on any atom is 0.251 e. The van der Waals surface area contributed by atoms with E-state index >= 15 is 0 Å². The summed E-state index contributed by atoms with van der Waals surface area (Å²) in [6.07, 6.45) is 3.57. The van der Waals surface area contributed by atoms with Crippen molar-refractivity contribution in [1.82, 2.24) is 10.2 Å². The summed E-state index contributed by atoms with van der Waals surface area (Å²) in [5, 5.41) is 2.94. The Bertz CT molecular complexity index is 478. The van der Waals surface area contributed by atoms with Crippen LogP contribution in [-0.4, -0.2) is 41.6 Å². The Kier molecular flexibility index (Phi) is 6.11. The number of piperidine rings is 1. The van der Waals surface area contributed by atoms with E-state index in [2.05, 4.69) is 17.9 Å². The highest BCUT2D eigenvalue weighted by molar-refractivity contribution is 7.80. The summed E-state index contributed by atoms with van der Waals surface area (Å²) in [6.45, 7) is 1.31. The normalized spacial score (nSPS) is 18.3. The van der Waals surface area contributed by atoms with Gasteiger partial charge in [-0.1, -0.05) is 18.2 Å². The molecule has 2 amide bonds. The molecule has 1 heterocycles. The molecular formula is C16H22N2O2S. The summed E-state index contributed by atoms with van der Waals surface area (Å²) < 4.78 is 0. The second kappa shape index (κ2) is 8.08. The Morgan fingerprint density at radius 3 is 2.71 bits per heavy atom. The van der Waals surface area contributed by atoms with Gasteiger partial charge >= 0.3 is 0 Å². The van der Waals surface area contributed by atoms with Crippen molar-refractivity contribution in [2.75, 3.05) is 18.8 Å². The zero-order valence-electron chi connectivity index (χ0n) is 12.1. The Labute approximate surface area is 131 Å². The van der Waals surface area contributed by atoms with E-state index in [9.17, 15) is 9.59 Å². The van der Waals surface area contributed by atoms with Crippen molar-refractivity contribution < 1.29 is 9.59 Å². The second-order valence-corrected chi connectivity index (χ2v) is 5.73. The number of amides is 2. The van der Waals surface area contributed by atoms with E-state index in [1.165, 1.54) is 0 Å². The molecule has 1 N–H and O–H groups in total. The Hall–Kier alpha value is -1.49. The van der Waals surface area contributed by atoms with Gasteiger partial charge in [-0.15, -0.1) is 0 Å². The minimum atomic E-state index is -0.0808. The summed E-state index contributed by atoms with van der Waals surface area (Å²) in [4.78, 5) is 26.1. The molecule has 1 aromatic rings. The van der Waals surface area contributed by atoms with Crippen LogP contribution in [0.1, 0.15) is 36.0 Å². The number of carbonyl (C=O) groups is 2. The van der Waals surface area contributed by atoms with Crippen LogP contribution in [0.25, 0.3) is 0 Å². The molecule has 0 bridgehead atoms. The van der Waals surface area contributed by atoms with Crippen LogP contribution in [0.5, 0.6) is 0 Å². The van der Waals surface area contributed by atoms with Crippen LogP contribution < -0.4 is 5.32 Å². The van der Waals surface area contributed by atoms with Crippen LogP contribution >= 0.6 is 12.6 Å². The summed E-state index contributed by atoms with van der Waals surface area (Å²) in [5.41, 5.74) is 0.654. The van der Waals surface area contributed by atoms with Crippen LogP contribution in [0.4, 0.5) is 0 Å². The van der Waals surface area contributed by atoms with Crippen molar-refractivity contribution in [2.45, 2.75) is 31.7 Å². The van der Waals surface area contributed by atoms with Gasteiger partial charge in [0.05, 0.1) is 0 Å². The minimum Gasteiger partial charge on any atom is -0.350 e. The van der Waals surface area contributed by atoms with Crippen molar-refractivity contribution in [3.63, 3.8) is 0 Å². The predicted octanol–water partition coefficient (Wildman–Crippen LogP) is 2.12. The summed E-state index contributed by atoms with van der Waals surface area (Å²) in [5.74, 6) is 0.629. The Morgan fingerprint density at radius 1 is 1.24 bits per heavy atom. The highest BCUT2D eigenvalue weighted by atomic mass is 32.1. The minimum absolute atomic E-state index is 0.0808. The standard InChI is InChI=1S/C16H22N2O2S/c19-15(9-11-21)18-10-5-4-8-14(18)12-17-16(20)13-6-2-1-3-7-13/h1-3,6-7,14,21H,4-5,8-12H2,(H,17,20). The molecule has 1 aromatic carbocycles. The average Bonchev–Trinajstić information content (AvgIpc) is 2.54. The Balaban J connectivity index is 1.90. The van der Waals surface area contributed by atoms with E-state index in [1.54, 1.807) is 12.1 Å². The van der Waals surface area contributed by atoms with Gasteiger partial charge in [0.2, 0.25) is 5.91 Å². The number of hydrogen-bond donors (Lipinski definition) is 2. The topological polar surface area (TPSA) is 49.4 Å². The third-order valence-corrected chi connectivity index (χ3v) is 4.03. The van der Waals surface area contributed by atoms with E-state index in [4.69, 9.17) is 0 Å². The molecule has 0 saturated carbocycles. The van der Waals surface area contributed by atoms with Crippen LogP contribution in [-0.2, 0) is 4.79 Å². The molecule has 1 saturated heterocycles. The van der Waals surface area contributed by atoms with Gasteiger partial charge in [0.25, 0.3) is 5.91 Å². The van der Waals surface area contributed by atoms with E-state index in [0.717, 1.165) is 25.8 Å². The fourth-order valence-corrected chi connectivity index (χ4v) is 2.87. The highest BCUT2D eigenvalue weighted by Crippen LogP contribution is 2.17. The second-order valence-electron chi connectivity index (χ2n) is 5.29. The van der Waals surface area contributed by atoms with Crippen molar-refractivity contribution >= 4 is 24.4 Å². The van der Waals surface area contributed by atoms with Gasteiger partial charge < -0.3 is 10.2 Å². The monoisotopic (exact) mass is 306 g/mol. The lowest BCUT2D eigenvalue weighted by molar-refractivity contribution is -0.134. The zero-order valence-corrected chi connectivity index (χ0v) is 13.0. The van der Waals surface area contributed by atoms with Crippen molar-refractivity contribution in [2.24, 2.45) is 0 Å². The van der Waals surface area contributed by atoms with Gasteiger partial charge in [-0.2, -0.15) is 12.6 Å². The predicted molar refractivity (Wildman–Crippen MR) is 86.6 cm³/mol. The molecule has 0 aromatic heterocycles. The molecule has 2 rings (SSSR count). The van der Waals surface area contributed by atoms with Crippen LogP contribution in [0.15, 0.2) is 30.3 Å². The molecule has 5 heteroatoms. The number of nitrogens with one attached hydrogen (secondary N) is 1. The van der Waals surface area contributed by atoms with Gasteiger partial charge in [0.1, 0.15) is 0 Å². The van der Waals surface area contributed by atoms with E-state index in [1.807, 2.05) is 23.1 Å². The van der Waals surface area contributed by atoms with Gasteiger partial charge in [0.15, 0.2) is 0 Å². The van der Waals surface area contributed by atoms with Crippen molar-refractivity contribution in [3.05, 3.63) is 35.9 Å². The third-order valence-electron chi connectivity index (χ3n) is 3.81. The summed E-state index contributed by atoms with van der Waals surface area (Å²) >= 11 is 4.12. The third kappa shape index (κ3) is 4.49. The van der Waals surface area contributed by atoms with Crippen LogP contribution in [0, 0.1) is 0 Å². The van der Waals surface area contributed by atoms with Gasteiger partial charge in [-0.3, -0.25) is 9.59 Å². The molecular weight excluding hydrogens is 284 g/mol. The molecule has 0 aliphatic carbocycles. The molecule has 1 aliphatic heterocycles. The largest absolute Gasteiger partial charge is 0.350 e. The van der Waals surface area contributed by atoms with Crippen molar-refractivity contribution in [1.29, 1.82) is 0 Å². The number of rotatable bonds is 5. The van der Waals surface area contributed by atoms with Crippen molar-refractivity contribution in [3.8, 4) is 0 Å². The summed E-state index contributed by atoms with van der Waals surface area (Å²) in [6, 6.07) is 9.27. The van der Waals surface area contributed by atoms with E-state index in [-0.39, 0.29) is 17.9 Å². The maximum absolute atomic E-state index is 12.1. The summed E-state index contributed by atoms with van der Waals surface area (Å²) in [7, 11) is 0. The quantitative estimate of drug-likeness (QED) is 0.819. The number of nitrogens with zero attached hydrogens (tertiary/aromatic N) is 1. The lowest BCUT2D eigenvalue weighted by atomic mass is 10.0. The lowest BCUT2D eigenvalue weighted by Gasteiger charge is -2.36. The first kappa shape index (κ1) is 15.9. The van der Waals surface area contributed by atoms with Gasteiger partial charge in [-0.25, -0.2) is 0 Å². The fraction of sp³-hybridized carbons (Fsp3) is 0.500. The van der Waals surface area contributed by atoms with E-state index in [0.29, 0.717) is 24.3 Å². The molecule has 1 aliphatic rings. The highest BCUT2D eigenvalue weighted by Gasteiger charge is 2.26. The molecule has 1 unspecified atom stereocenters. The molecule has 21 heavy (non-hydrogen) atoms. The number of benzene rings is 1. The molecule has 1 atom stereocenters. The SMILES string of the molecule is O=C(NCC1CCCCN1C(=O)CCS)c1ccccc1. The molecule has 114 valence electrons. The number of hydrogen-bond acceptors (Lipinski definition) is 3. The first-order chi connectivity index (χ1) is 10.2. The molecule has 1 fully saturated rings. The van der Waals surface area contributed by atoms with Crippen LogP contribution in [0.2, 0.25) is 0 Å². The zero-order chi connectivity index (χ0) is 15.1. The average molecular weight is 306 g/mol. The fourth-order valence-electron chi connectivity index (χ4n) is 2.68. The smallest absolute Gasteiger partial charge is 0.251 e.